The lowest BCUT2D eigenvalue weighted by Crippen LogP contribution is -2.54. The molecule has 5 nitrogen and oxygen atoms in total. The number of halogens is 1. The normalized spacial score (nSPS) is 12.2. The van der Waals surface area contributed by atoms with Gasteiger partial charge >= 0.3 is 0 Å². The Labute approximate surface area is 193 Å². The fraction of sp³-hybridized carbons (Fsp3) is 0.417. The first-order chi connectivity index (χ1) is 14.2. The number of nitrogens with one attached hydrogen (secondary N) is 1. The van der Waals surface area contributed by atoms with Crippen LogP contribution in [0.3, 0.4) is 0 Å². The molecule has 162 valence electrons. The Bertz CT molecular complexity index is 817. The van der Waals surface area contributed by atoms with E-state index in [4.69, 9.17) is 4.74 Å². The lowest BCUT2D eigenvalue weighted by molar-refractivity contribution is -0.142. The van der Waals surface area contributed by atoms with Crippen molar-refractivity contribution in [2.45, 2.75) is 52.1 Å². The van der Waals surface area contributed by atoms with E-state index >= 15 is 0 Å². The van der Waals surface area contributed by atoms with Gasteiger partial charge in [-0.3, -0.25) is 9.59 Å². The average molecular weight is 522 g/mol. The van der Waals surface area contributed by atoms with Crippen LogP contribution < -0.4 is 10.1 Å². The van der Waals surface area contributed by atoms with E-state index in [1.807, 2.05) is 82.3 Å². The van der Waals surface area contributed by atoms with Gasteiger partial charge in [0, 0.05) is 15.7 Å². The molecule has 2 amide bonds. The molecule has 30 heavy (non-hydrogen) atoms. The van der Waals surface area contributed by atoms with Gasteiger partial charge in [0.2, 0.25) is 5.91 Å². The largest absolute Gasteiger partial charge is 0.484 e. The zero-order valence-corrected chi connectivity index (χ0v) is 20.3. The summed E-state index contributed by atoms with van der Waals surface area (Å²) in [6.45, 7) is 8.09. The van der Waals surface area contributed by atoms with Crippen LogP contribution in [0.2, 0.25) is 0 Å². The number of ether oxygens (including phenoxy) is 1. The van der Waals surface area contributed by atoms with Gasteiger partial charge in [0.05, 0.1) is 0 Å². The molecule has 6 heteroatoms. The Morgan fingerprint density at radius 3 is 2.27 bits per heavy atom. The quantitative estimate of drug-likeness (QED) is 0.496. The zero-order chi connectivity index (χ0) is 22.1. The Balaban J connectivity index is 2.14. The molecule has 0 radical (unpaired) electrons. The van der Waals surface area contributed by atoms with Crippen LogP contribution in [-0.2, 0) is 16.0 Å². The Kier molecular flexibility index (Phi) is 9.14. The van der Waals surface area contributed by atoms with Crippen LogP contribution in [0.1, 0.15) is 39.7 Å². The third kappa shape index (κ3) is 7.97. The summed E-state index contributed by atoms with van der Waals surface area (Å²) in [6, 6.07) is 17.0. The Morgan fingerprint density at radius 2 is 1.70 bits per heavy atom. The van der Waals surface area contributed by atoms with Gasteiger partial charge in [-0.1, -0.05) is 37.3 Å². The average Bonchev–Trinajstić information content (AvgIpc) is 2.69. The maximum Gasteiger partial charge on any atom is 0.261 e. The van der Waals surface area contributed by atoms with E-state index < -0.39 is 6.04 Å². The number of hydrogen-bond donors (Lipinski definition) is 1. The number of amides is 2. The van der Waals surface area contributed by atoms with Crippen LogP contribution in [0, 0.1) is 3.57 Å². The van der Waals surface area contributed by atoms with E-state index in [2.05, 4.69) is 27.9 Å². The molecule has 0 spiro atoms. The van der Waals surface area contributed by atoms with Crippen molar-refractivity contribution in [3.05, 3.63) is 63.7 Å². The SMILES string of the molecule is CC[C@H](C(=O)NC(C)(C)C)N(CCc1ccccc1)C(=O)COc1ccc(I)cc1. The molecule has 0 saturated carbocycles. The highest BCUT2D eigenvalue weighted by atomic mass is 127. The molecule has 0 aliphatic heterocycles. The van der Waals surface area contributed by atoms with E-state index in [-0.39, 0.29) is 24.0 Å². The lowest BCUT2D eigenvalue weighted by atomic mass is 10.1. The van der Waals surface area contributed by atoms with Crippen molar-refractivity contribution >= 4 is 34.4 Å². The molecule has 1 atom stereocenters. The highest BCUT2D eigenvalue weighted by molar-refractivity contribution is 14.1. The smallest absolute Gasteiger partial charge is 0.261 e. The minimum absolute atomic E-state index is 0.103. The number of nitrogens with zero attached hydrogens (tertiary/aromatic N) is 1. The lowest BCUT2D eigenvalue weighted by Gasteiger charge is -2.33. The summed E-state index contributed by atoms with van der Waals surface area (Å²) in [5.74, 6) is 0.306. The molecule has 0 bridgehead atoms. The van der Waals surface area contributed by atoms with Gasteiger partial charge in [-0.15, -0.1) is 0 Å². The maximum atomic E-state index is 13.1. The van der Waals surface area contributed by atoms with Gasteiger partial charge in [0.25, 0.3) is 5.91 Å². The maximum absolute atomic E-state index is 13.1. The van der Waals surface area contributed by atoms with Gasteiger partial charge in [-0.05, 0) is 86.0 Å². The van der Waals surface area contributed by atoms with Gasteiger partial charge in [0.1, 0.15) is 11.8 Å². The molecular formula is C24H31IN2O3. The summed E-state index contributed by atoms with van der Waals surface area (Å²) in [7, 11) is 0. The summed E-state index contributed by atoms with van der Waals surface area (Å²) in [6.07, 6.45) is 1.21. The van der Waals surface area contributed by atoms with Crippen LogP contribution in [-0.4, -0.2) is 41.4 Å². The molecule has 0 aliphatic carbocycles. The van der Waals surface area contributed by atoms with Crippen molar-refractivity contribution < 1.29 is 14.3 Å². The highest BCUT2D eigenvalue weighted by Gasteiger charge is 2.30. The molecule has 0 heterocycles. The predicted octanol–water partition coefficient (Wildman–Crippen LogP) is 4.43. The Hall–Kier alpha value is -2.09. The standard InChI is InChI=1S/C24H31IN2O3/c1-5-21(23(29)26-24(2,3)4)27(16-15-18-9-7-6-8-10-18)22(28)17-30-20-13-11-19(25)12-14-20/h6-14,21H,5,15-17H2,1-4H3,(H,26,29)/t21-/m1/s1. The highest BCUT2D eigenvalue weighted by Crippen LogP contribution is 2.15. The van der Waals surface area contributed by atoms with E-state index in [0.717, 1.165) is 9.13 Å². The van der Waals surface area contributed by atoms with E-state index in [1.54, 1.807) is 4.90 Å². The van der Waals surface area contributed by atoms with E-state index in [1.165, 1.54) is 0 Å². The van der Waals surface area contributed by atoms with E-state index in [0.29, 0.717) is 25.1 Å². The molecule has 1 N–H and O–H groups in total. The van der Waals surface area contributed by atoms with Crippen molar-refractivity contribution in [1.29, 1.82) is 0 Å². The number of hydrogen-bond acceptors (Lipinski definition) is 3. The first kappa shape index (κ1) is 24.2. The van der Waals surface area contributed by atoms with Crippen molar-refractivity contribution in [2.24, 2.45) is 0 Å². The van der Waals surface area contributed by atoms with Crippen LogP contribution in [0.5, 0.6) is 5.75 Å². The monoisotopic (exact) mass is 522 g/mol. The second-order valence-corrected chi connectivity index (χ2v) is 9.47. The van der Waals surface area contributed by atoms with Gasteiger partial charge in [0.15, 0.2) is 6.61 Å². The van der Waals surface area contributed by atoms with E-state index in [9.17, 15) is 9.59 Å². The van der Waals surface area contributed by atoms with Crippen molar-refractivity contribution in [2.75, 3.05) is 13.2 Å². The third-order valence-corrected chi connectivity index (χ3v) is 5.26. The first-order valence-corrected chi connectivity index (χ1v) is 11.3. The van der Waals surface area contributed by atoms with Crippen molar-refractivity contribution in [1.82, 2.24) is 10.2 Å². The molecule has 0 aromatic heterocycles. The summed E-state index contributed by atoms with van der Waals surface area (Å²) in [4.78, 5) is 27.7. The topological polar surface area (TPSA) is 58.6 Å². The zero-order valence-electron chi connectivity index (χ0n) is 18.2. The molecule has 0 aliphatic rings. The van der Waals surface area contributed by atoms with Crippen molar-refractivity contribution in [3.63, 3.8) is 0 Å². The second-order valence-electron chi connectivity index (χ2n) is 8.23. The third-order valence-electron chi connectivity index (χ3n) is 4.54. The van der Waals surface area contributed by atoms with Crippen LogP contribution >= 0.6 is 22.6 Å². The van der Waals surface area contributed by atoms with Gasteiger partial charge in [-0.25, -0.2) is 0 Å². The molecule has 2 aromatic rings. The number of carbonyl (C=O) groups is 2. The molecule has 2 aromatic carbocycles. The number of carbonyl (C=O) groups excluding carboxylic acids is 2. The van der Waals surface area contributed by atoms with Crippen LogP contribution in [0.4, 0.5) is 0 Å². The fourth-order valence-corrected chi connectivity index (χ4v) is 3.47. The summed E-state index contributed by atoms with van der Waals surface area (Å²) < 4.78 is 6.80. The van der Waals surface area contributed by atoms with Gasteiger partial charge in [-0.2, -0.15) is 0 Å². The summed E-state index contributed by atoms with van der Waals surface area (Å²) >= 11 is 2.22. The summed E-state index contributed by atoms with van der Waals surface area (Å²) in [5.41, 5.74) is 0.760. The van der Waals surface area contributed by atoms with Crippen molar-refractivity contribution in [3.8, 4) is 5.75 Å². The minimum Gasteiger partial charge on any atom is -0.484 e. The molecule has 2 rings (SSSR count). The number of rotatable bonds is 9. The molecule has 0 saturated heterocycles. The van der Waals surface area contributed by atoms with Crippen LogP contribution in [0.15, 0.2) is 54.6 Å². The van der Waals surface area contributed by atoms with Crippen LogP contribution in [0.25, 0.3) is 0 Å². The Morgan fingerprint density at radius 1 is 1.07 bits per heavy atom. The number of benzene rings is 2. The predicted molar refractivity (Wildman–Crippen MR) is 128 cm³/mol. The molecule has 0 fully saturated rings. The molecule has 0 unspecified atom stereocenters. The molecular weight excluding hydrogens is 491 g/mol. The summed E-state index contributed by atoms with van der Waals surface area (Å²) in [5, 5.41) is 3.01. The van der Waals surface area contributed by atoms with Gasteiger partial charge < -0.3 is 15.0 Å². The minimum atomic E-state index is -0.541. The fourth-order valence-electron chi connectivity index (χ4n) is 3.11. The first-order valence-electron chi connectivity index (χ1n) is 10.2. The second kappa shape index (κ2) is 11.3.